The third-order valence-electron chi connectivity index (χ3n) is 4.91. The molecule has 1 fully saturated rings. The molecule has 0 aliphatic carbocycles. The van der Waals surface area contributed by atoms with Crippen molar-refractivity contribution in [1.82, 2.24) is 4.90 Å². The van der Waals surface area contributed by atoms with Gasteiger partial charge in [-0.2, -0.15) is 0 Å². The summed E-state index contributed by atoms with van der Waals surface area (Å²) in [6, 6.07) is 7.87. The van der Waals surface area contributed by atoms with Crippen LogP contribution >= 0.6 is 0 Å². The molecule has 1 aromatic heterocycles. The summed E-state index contributed by atoms with van der Waals surface area (Å²) >= 11 is 0. The molecule has 0 unspecified atom stereocenters. The molecule has 1 aromatic carbocycles. The van der Waals surface area contributed by atoms with Crippen molar-refractivity contribution in [3.05, 3.63) is 58.8 Å². The van der Waals surface area contributed by atoms with Gasteiger partial charge in [0.2, 0.25) is 0 Å². The number of carbonyl (C=O) groups excluding carboxylic acids is 1. The van der Waals surface area contributed by atoms with Crippen LogP contribution in [0.5, 0.6) is 0 Å². The summed E-state index contributed by atoms with van der Waals surface area (Å²) in [6.07, 6.45) is 3.01. The number of furan rings is 1. The number of piperidine rings is 1. The van der Waals surface area contributed by atoms with Gasteiger partial charge in [-0.25, -0.2) is 9.18 Å². The van der Waals surface area contributed by atoms with Crippen molar-refractivity contribution < 1.29 is 23.5 Å². The Morgan fingerprint density at radius 3 is 2.42 bits per heavy atom. The molecule has 0 radical (unpaired) electrons. The van der Waals surface area contributed by atoms with E-state index in [1.165, 1.54) is 18.2 Å². The second-order valence-corrected chi connectivity index (χ2v) is 6.67. The standard InChI is InChI=1S/C20H22FNO4/c1-2-17-16(20(24)25)12-18(26-17)19(23)22-9-7-14(8-10-22)11-13-3-5-15(21)6-4-13/h3-6,12,14H,2,7-11H2,1H3,(H,24,25). The van der Waals surface area contributed by atoms with Crippen LogP contribution in [0.1, 0.15) is 52.0 Å². The maximum atomic E-state index is 13.0. The lowest BCUT2D eigenvalue weighted by Crippen LogP contribution is -2.38. The fourth-order valence-electron chi connectivity index (χ4n) is 3.43. The van der Waals surface area contributed by atoms with Gasteiger partial charge < -0.3 is 14.4 Å². The third kappa shape index (κ3) is 3.95. The number of carbonyl (C=O) groups is 2. The summed E-state index contributed by atoms with van der Waals surface area (Å²) in [5, 5.41) is 9.19. The Labute approximate surface area is 151 Å². The SMILES string of the molecule is CCc1oc(C(=O)N2CCC(Cc3ccc(F)cc3)CC2)cc1C(=O)O. The maximum absolute atomic E-state index is 13.0. The minimum Gasteiger partial charge on any atom is -0.478 e. The van der Waals surface area contributed by atoms with Crippen molar-refractivity contribution in [2.45, 2.75) is 32.6 Å². The Hall–Kier alpha value is -2.63. The highest BCUT2D eigenvalue weighted by Gasteiger charge is 2.27. The molecular formula is C20H22FNO4. The van der Waals surface area contributed by atoms with Crippen molar-refractivity contribution in [2.24, 2.45) is 5.92 Å². The molecule has 138 valence electrons. The van der Waals surface area contributed by atoms with Crippen LogP contribution in [0.15, 0.2) is 34.7 Å². The van der Waals surface area contributed by atoms with Crippen LogP contribution < -0.4 is 0 Å². The molecule has 1 saturated heterocycles. The predicted molar refractivity (Wildman–Crippen MR) is 93.8 cm³/mol. The van der Waals surface area contributed by atoms with Gasteiger partial charge in [0.15, 0.2) is 5.76 Å². The van der Waals surface area contributed by atoms with E-state index >= 15 is 0 Å². The van der Waals surface area contributed by atoms with Crippen LogP contribution in [-0.4, -0.2) is 35.0 Å². The molecule has 26 heavy (non-hydrogen) atoms. The fraction of sp³-hybridized carbons (Fsp3) is 0.400. The second kappa shape index (κ2) is 7.72. The molecule has 2 heterocycles. The van der Waals surface area contributed by atoms with Crippen LogP contribution in [0.25, 0.3) is 0 Å². The zero-order valence-corrected chi connectivity index (χ0v) is 14.7. The summed E-state index contributed by atoms with van der Waals surface area (Å²) in [5.41, 5.74) is 1.16. The van der Waals surface area contributed by atoms with Crippen molar-refractivity contribution in [1.29, 1.82) is 0 Å². The van der Waals surface area contributed by atoms with Crippen molar-refractivity contribution >= 4 is 11.9 Å². The number of amides is 1. The molecule has 0 atom stereocenters. The molecule has 6 heteroatoms. The van der Waals surface area contributed by atoms with E-state index in [1.807, 2.05) is 0 Å². The van der Waals surface area contributed by atoms with E-state index in [4.69, 9.17) is 4.42 Å². The molecular weight excluding hydrogens is 337 g/mol. The van der Waals surface area contributed by atoms with Crippen molar-refractivity contribution in [3.8, 4) is 0 Å². The summed E-state index contributed by atoms with van der Waals surface area (Å²) in [5.74, 6) is -0.708. The number of aryl methyl sites for hydroxylation is 1. The van der Waals surface area contributed by atoms with Crippen molar-refractivity contribution in [2.75, 3.05) is 13.1 Å². The molecule has 0 bridgehead atoms. The van der Waals surface area contributed by atoms with Gasteiger partial charge in [-0.05, 0) is 42.9 Å². The van der Waals surface area contributed by atoms with Gasteiger partial charge in [0.25, 0.3) is 5.91 Å². The molecule has 1 N–H and O–H groups in total. The average molecular weight is 359 g/mol. The summed E-state index contributed by atoms with van der Waals surface area (Å²) in [6.45, 7) is 3.00. The molecule has 3 rings (SSSR count). The van der Waals surface area contributed by atoms with Gasteiger partial charge in [0.1, 0.15) is 17.1 Å². The van der Waals surface area contributed by atoms with Crippen LogP contribution in [0, 0.1) is 11.7 Å². The molecule has 1 amide bonds. The van der Waals surface area contributed by atoms with Crippen molar-refractivity contribution in [3.63, 3.8) is 0 Å². The first-order chi connectivity index (χ1) is 12.5. The first kappa shape index (κ1) is 18.2. The Balaban J connectivity index is 1.60. The van der Waals surface area contributed by atoms with Crippen LogP contribution in [-0.2, 0) is 12.8 Å². The zero-order valence-electron chi connectivity index (χ0n) is 14.7. The van der Waals surface area contributed by atoms with Gasteiger partial charge in [-0.1, -0.05) is 19.1 Å². The molecule has 2 aromatic rings. The van der Waals surface area contributed by atoms with E-state index in [1.54, 1.807) is 24.0 Å². The quantitative estimate of drug-likeness (QED) is 0.882. The van der Waals surface area contributed by atoms with Crippen LogP contribution in [0.4, 0.5) is 4.39 Å². The van der Waals surface area contributed by atoms with Gasteiger partial charge in [-0.3, -0.25) is 4.79 Å². The monoisotopic (exact) mass is 359 g/mol. The van der Waals surface area contributed by atoms with E-state index in [0.717, 1.165) is 24.8 Å². The highest BCUT2D eigenvalue weighted by molar-refractivity contribution is 5.96. The molecule has 0 saturated carbocycles. The number of hydrogen-bond donors (Lipinski definition) is 1. The number of benzene rings is 1. The minimum atomic E-state index is -1.08. The highest BCUT2D eigenvalue weighted by Crippen LogP contribution is 2.24. The Morgan fingerprint density at radius 1 is 1.23 bits per heavy atom. The van der Waals surface area contributed by atoms with Crippen LogP contribution in [0.3, 0.4) is 0 Å². The zero-order chi connectivity index (χ0) is 18.7. The smallest absolute Gasteiger partial charge is 0.339 e. The van der Waals surface area contributed by atoms with Gasteiger partial charge >= 0.3 is 5.97 Å². The first-order valence-electron chi connectivity index (χ1n) is 8.87. The van der Waals surface area contributed by atoms with Gasteiger partial charge in [0.05, 0.1) is 0 Å². The van der Waals surface area contributed by atoms with E-state index in [-0.39, 0.29) is 23.0 Å². The molecule has 1 aliphatic rings. The van der Waals surface area contributed by atoms with E-state index < -0.39 is 5.97 Å². The fourth-order valence-corrected chi connectivity index (χ4v) is 3.43. The largest absolute Gasteiger partial charge is 0.478 e. The number of carboxylic acids is 1. The molecule has 0 spiro atoms. The lowest BCUT2D eigenvalue weighted by Gasteiger charge is -2.31. The average Bonchev–Trinajstić information content (AvgIpc) is 3.08. The number of carboxylic acid groups (broad SMARTS) is 1. The number of nitrogens with zero attached hydrogens (tertiary/aromatic N) is 1. The number of halogens is 1. The summed E-state index contributed by atoms with van der Waals surface area (Å²) in [7, 11) is 0. The van der Waals surface area contributed by atoms with Crippen LogP contribution in [0.2, 0.25) is 0 Å². The highest BCUT2D eigenvalue weighted by atomic mass is 19.1. The number of rotatable bonds is 5. The van der Waals surface area contributed by atoms with Gasteiger partial charge in [0, 0.05) is 25.6 Å². The summed E-state index contributed by atoms with van der Waals surface area (Å²) in [4.78, 5) is 25.5. The number of hydrogen-bond acceptors (Lipinski definition) is 3. The topological polar surface area (TPSA) is 70.8 Å². The molecule has 5 nitrogen and oxygen atoms in total. The Kier molecular flexibility index (Phi) is 5.40. The third-order valence-corrected chi connectivity index (χ3v) is 4.91. The van der Waals surface area contributed by atoms with E-state index in [2.05, 4.69) is 0 Å². The first-order valence-corrected chi connectivity index (χ1v) is 8.87. The number of likely N-dealkylation sites (tertiary alicyclic amines) is 1. The summed E-state index contributed by atoms with van der Waals surface area (Å²) < 4.78 is 18.4. The lowest BCUT2D eigenvalue weighted by molar-refractivity contribution is 0.0654. The minimum absolute atomic E-state index is 0.0574. The van der Waals surface area contributed by atoms with Gasteiger partial charge in [-0.15, -0.1) is 0 Å². The normalized spacial score (nSPS) is 15.2. The molecule has 1 aliphatic heterocycles. The van der Waals surface area contributed by atoms with E-state index in [0.29, 0.717) is 31.2 Å². The number of aromatic carboxylic acids is 1. The lowest BCUT2D eigenvalue weighted by atomic mass is 9.90. The Bertz CT molecular complexity index is 789. The Morgan fingerprint density at radius 2 is 1.88 bits per heavy atom. The maximum Gasteiger partial charge on any atom is 0.339 e. The van der Waals surface area contributed by atoms with E-state index in [9.17, 15) is 19.1 Å². The second-order valence-electron chi connectivity index (χ2n) is 6.67. The predicted octanol–water partition coefficient (Wildman–Crippen LogP) is 3.77.